The molecule has 2 aliphatic rings. The van der Waals surface area contributed by atoms with Crippen LogP contribution in [0.25, 0.3) is 0 Å². The van der Waals surface area contributed by atoms with Crippen molar-refractivity contribution in [3.8, 4) is 0 Å². The predicted octanol–water partition coefficient (Wildman–Crippen LogP) is 0.500. The lowest BCUT2D eigenvalue weighted by Crippen LogP contribution is -2.45. The Kier molecular flexibility index (Phi) is 3.61. The first-order chi connectivity index (χ1) is 7.24. The average molecular weight is 215 g/mol. The minimum absolute atomic E-state index is 0.0712. The molecule has 2 N–H and O–H groups in total. The Balaban J connectivity index is 1.89. The molecule has 0 spiro atoms. The molecule has 0 aliphatic carbocycles. The lowest BCUT2D eigenvalue weighted by atomic mass is 9.92. The number of aliphatic hydroxyl groups is 1. The molecule has 0 aromatic carbocycles. The number of hydrogen-bond donors (Lipinski definition) is 2. The third kappa shape index (κ3) is 2.50. The van der Waals surface area contributed by atoms with Crippen LogP contribution in [0.5, 0.6) is 0 Å². The Morgan fingerprint density at radius 1 is 1.53 bits per heavy atom. The fraction of sp³-hybridized carbons (Fsp3) is 1.00. The van der Waals surface area contributed by atoms with Gasteiger partial charge in [-0.15, -0.1) is 0 Å². The summed E-state index contributed by atoms with van der Waals surface area (Å²) >= 11 is 0. The van der Waals surface area contributed by atoms with Crippen LogP contribution >= 0.6 is 0 Å². The summed E-state index contributed by atoms with van der Waals surface area (Å²) < 4.78 is 11.7. The molecule has 88 valence electrons. The highest BCUT2D eigenvalue weighted by atomic mass is 16.7. The van der Waals surface area contributed by atoms with Gasteiger partial charge in [-0.25, -0.2) is 0 Å². The van der Waals surface area contributed by atoms with E-state index in [1.165, 1.54) is 6.42 Å². The summed E-state index contributed by atoms with van der Waals surface area (Å²) in [6, 6.07) is 0. The van der Waals surface area contributed by atoms with Gasteiger partial charge in [0.2, 0.25) is 0 Å². The maximum absolute atomic E-state index is 8.86. The third-order valence-corrected chi connectivity index (χ3v) is 3.45. The maximum Gasteiger partial charge on any atom is 0.170 e. The standard InChI is InChI=1S/C11H21NO3/c1-11(9-3-2-5-12-7-9)14-8-10(15-11)4-6-13/h9-10,12-13H,2-8H2,1H3. The first-order valence-corrected chi connectivity index (χ1v) is 5.88. The Labute approximate surface area is 90.9 Å². The van der Waals surface area contributed by atoms with E-state index in [0.29, 0.717) is 18.9 Å². The van der Waals surface area contributed by atoms with E-state index in [2.05, 4.69) is 5.32 Å². The summed E-state index contributed by atoms with van der Waals surface area (Å²) in [4.78, 5) is 0. The van der Waals surface area contributed by atoms with Crippen molar-refractivity contribution in [3.05, 3.63) is 0 Å². The van der Waals surface area contributed by atoms with Crippen molar-refractivity contribution >= 4 is 0 Å². The monoisotopic (exact) mass is 215 g/mol. The molecular weight excluding hydrogens is 194 g/mol. The zero-order chi connectivity index (χ0) is 10.7. The minimum atomic E-state index is -0.437. The highest BCUT2D eigenvalue weighted by Crippen LogP contribution is 2.35. The molecule has 15 heavy (non-hydrogen) atoms. The number of hydrogen-bond acceptors (Lipinski definition) is 4. The minimum Gasteiger partial charge on any atom is -0.396 e. The summed E-state index contributed by atoms with van der Waals surface area (Å²) in [5.41, 5.74) is 0. The van der Waals surface area contributed by atoms with Gasteiger partial charge in [-0.05, 0) is 32.7 Å². The van der Waals surface area contributed by atoms with Crippen molar-refractivity contribution in [3.63, 3.8) is 0 Å². The molecule has 2 aliphatic heterocycles. The van der Waals surface area contributed by atoms with E-state index in [1.54, 1.807) is 0 Å². The van der Waals surface area contributed by atoms with Crippen LogP contribution in [0.4, 0.5) is 0 Å². The largest absolute Gasteiger partial charge is 0.396 e. The van der Waals surface area contributed by atoms with Crippen LogP contribution in [0.2, 0.25) is 0 Å². The highest BCUT2D eigenvalue weighted by molar-refractivity contribution is 4.85. The van der Waals surface area contributed by atoms with Crippen molar-refractivity contribution in [2.75, 3.05) is 26.3 Å². The van der Waals surface area contributed by atoms with E-state index in [9.17, 15) is 0 Å². The van der Waals surface area contributed by atoms with Gasteiger partial charge < -0.3 is 19.9 Å². The second-order valence-corrected chi connectivity index (χ2v) is 4.62. The summed E-state index contributed by atoms with van der Waals surface area (Å²) in [5, 5.41) is 12.2. The van der Waals surface area contributed by atoms with Crippen LogP contribution in [0, 0.1) is 5.92 Å². The molecule has 2 heterocycles. The van der Waals surface area contributed by atoms with Gasteiger partial charge in [0, 0.05) is 19.1 Å². The molecule has 4 heteroatoms. The second kappa shape index (κ2) is 4.78. The normalized spacial score (nSPS) is 42.0. The van der Waals surface area contributed by atoms with Gasteiger partial charge in [0.25, 0.3) is 0 Å². The fourth-order valence-electron chi connectivity index (χ4n) is 2.46. The predicted molar refractivity (Wildman–Crippen MR) is 56.5 cm³/mol. The van der Waals surface area contributed by atoms with Gasteiger partial charge in [0.15, 0.2) is 5.79 Å². The molecule has 4 nitrogen and oxygen atoms in total. The molecule has 0 aromatic heterocycles. The fourth-order valence-corrected chi connectivity index (χ4v) is 2.46. The van der Waals surface area contributed by atoms with Gasteiger partial charge in [0.05, 0.1) is 12.7 Å². The van der Waals surface area contributed by atoms with Crippen molar-refractivity contribution < 1.29 is 14.6 Å². The Bertz CT molecular complexity index is 206. The van der Waals surface area contributed by atoms with Crippen LogP contribution in [0.15, 0.2) is 0 Å². The molecule has 0 bridgehead atoms. The lowest BCUT2D eigenvalue weighted by Gasteiger charge is -2.35. The third-order valence-electron chi connectivity index (χ3n) is 3.45. The molecule has 2 rings (SSSR count). The number of nitrogens with one attached hydrogen (secondary N) is 1. The molecule has 2 saturated heterocycles. The van der Waals surface area contributed by atoms with E-state index >= 15 is 0 Å². The molecule has 0 amide bonds. The molecule has 3 unspecified atom stereocenters. The molecular formula is C11H21NO3. The SMILES string of the molecule is CC1(C2CCCNC2)OCC(CCO)O1. The van der Waals surface area contributed by atoms with Crippen molar-refractivity contribution in [2.24, 2.45) is 5.92 Å². The van der Waals surface area contributed by atoms with Crippen LogP contribution in [-0.4, -0.2) is 43.3 Å². The van der Waals surface area contributed by atoms with E-state index < -0.39 is 5.79 Å². The number of ether oxygens (including phenoxy) is 2. The Morgan fingerprint density at radius 3 is 3.07 bits per heavy atom. The molecule has 0 radical (unpaired) electrons. The van der Waals surface area contributed by atoms with Crippen molar-refractivity contribution in [1.82, 2.24) is 5.32 Å². The summed E-state index contributed by atoms with van der Waals surface area (Å²) in [5.74, 6) is 0.00252. The topological polar surface area (TPSA) is 50.7 Å². The van der Waals surface area contributed by atoms with Gasteiger partial charge in [0.1, 0.15) is 0 Å². The van der Waals surface area contributed by atoms with Gasteiger partial charge >= 0.3 is 0 Å². The lowest BCUT2D eigenvalue weighted by molar-refractivity contribution is -0.195. The molecule has 3 atom stereocenters. The summed E-state index contributed by atoms with van der Waals surface area (Å²) in [7, 11) is 0. The first-order valence-electron chi connectivity index (χ1n) is 5.88. The summed E-state index contributed by atoms with van der Waals surface area (Å²) in [6.07, 6.45) is 3.10. The van der Waals surface area contributed by atoms with E-state index in [0.717, 1.165) is 19.5 Å². The molecule has 0 saturated carbocycles. The van der Waals surface area contributed by atoms with E-state index in [1.807, 2.05) is 6.92 Å². The van der Waals surface area contributed by atoms with Crippen LogP contribution in [0.3, 0.4) is 0 Å². The van der Waals surface area contributed by atoms with Crippen LogP contribution in [-0.2, 0) is 9.47 Å². The first kappa shape index (κ1) is 11.3. The summed E-state index contributed by atoms with van der Waals surface area (Å²) in [6.45, 7) is 4.90. The van der Waals surface area contributed by atoms with Crippen molar-refractivity contribution in [1.29, 1.82) is 0 Å². The molecule has 2 fully saturated rings. The zero-order valence-electron chi connectivity index (χ0n) is 9.37. The van der Waals surface area contributed by atoms with Gasteiger partial charge in [-0.2, -0.15) is 0 Å². The van der Waals surface area contributed by atoms with Crippen LogP contribution < -0.4 is 5.32 Å². The Hall–Kier alpha value is -0.160. The highest BCUT2D eigenvalue weighted by Gasteiger charge is 2.43. The number of aliphatic hydroxyl groups excluding tert-OH is 1. The smallest absolute Gasteiger partial charge is 0.170 e. The average Bonchev–Trinajstić information content (AvgIpc) is 2.64. The number of piperidine rings is 1. The second-order valence-electron chi connectivity index (χ2n) is 4.62. The maximum atomic E-state index is 8.86. The zero-order valence-corrected chi connectivity index (χ0v) is 9.37. The van der Waals surface area contributed by atoms with Crippen LogP contribution in [0.1, 0.15) is 26.2 Å². The number of rotatable bonds is 3. The quantitative estimate of drug-likeness (QED) is 0.720. The Morgan fingerprint density at radius 2 is 2.40 bits per heavy atom. The van der Waals surface area contributed by atoms with Gasteiger partial charge in [-0.1, -0.05) is 0 Å². The van der Waals surface area contributed by atoms with Crippen molar-refractivity contribution in [2.45, 2.75) is 38.1 Å². The van der Waals surface area contributed by atoms with Gasteiger partial charge in [-0.3, -0.25) is 0 Å². The molecule has 0 aromatic rings. The van der Waals surface area contributed by atoms with E-state index in [4.69, 9.17) is 14.6 Å². The van der Waals surface area contributed by atoms with E-state index in [-0.39, 0.29) is 12.7 Å².